The van der Waals surface area contributed by atoms with Crippen molar-refractivity contribution in [1.82, 2.24) is 20.0 Å². The Morgan fingerprint density at radius 1 is 0.812 bits per heavy atom. The molecule has 0 bridgehead atoms. The Bertz CT molecular complexity index is 1820. The highest BCUT2D eigenvalue weighted by molar-refractivity contribution is 5.92. The summed E-state index contributed by atoms with van der Waals surface area (Å²) in [5, 5.41) is 2.78. The van der Waals surface area contributed by atoms with E-state index in [0.717, 1.165) is 11.1 Å². The SMILES string of the molecule is CC[C@H](C)[C@@H]([C@@H](CC(=O)N1C[C@@H](F)C[C@H]1[C@H](OC)[C@@H](C)C(=O)N[C@@H](Cc1ccccc1)C(=O)OC)OC)N(C)C(=O)[C@@H](CC(=O)[C@H](C(C)C)N(C)C(=O)OCc1ccccc1)C(C)C. The van der Waals surface area contributed by atoms with E-state index in [2.05, 4.69) is 5.32 Å². The van der Waals surface area contributed by atoms with Crippen molar-refractivity contribution in [3.05, 3.63) is 71.8 Å². The maximum atomic E-state index is 15.4. The lowest BCUT2D eigenvalue weighted by molar-refractivity contribution is -0.150. The normalized spacial score (nSPS) is 18.8. The van der Waals surface area contributed by atoms with Gasteiger partial charge >= 0.3 is 12.1 Å². The van der Waals surface area contributed by atoms with E-state index in [9.17, 15) is 28.8 Å². The van der Waals surface area contributed by atoms with Crippen molar-refractivity contribution in [3.8, 4) is 0 Å². The van der Waals surface area contributed by atoms with Crippen LogP contribution in [0.3, 0.4) is 0 Å². The number of likely N-dealkylation sites (N-methyl/N-ethyl adjacent to an activating group) is 2. The quantitative estimate of drug-likeness (QED) is 0.119. The summed E-state index contributed by atoms with van der Waals surface area (Å²) in [6.07, 6.45) is -3.39. The van der Waals surface area contributed by atoms with Crippen LogP contribution in [-0.2, 0) is 55.9 Å². The molecule has 0 aliphatic carbocycles. The van der Waals surface area contributed by atoms with Gasteiger partial charge in [0.1, 0.15) is 18.8 Å². The number of hydrogen-bond donors (Lipinski definition) is 1. The summed E-state index contributed by atoms with van der Waals surface area (Å²) in [5.41, 5.74) is 1.62. The number of hydrogen-bond acceptors (Lipinski definition) is 10. The van der Waals surface area contributed by atoms with Crippen LogP contribution in [0.5, 0.6) is 0 Å². The van der Waals surface area contributed by atoms with Crippen LogP contribution in [0.1, 0.15) is 85.3 Å². The highest BCUT2D eigenvalue weighted by Crippen LogP contribution is 2.32. The molecule has 2 aromatic rings. The standard InChI is InChI=1S/C49H73FN4O10/c1-13-32(6)44(52(8)47(58)37(30(2)3)26-40(55)43(31(4)5)53(9)49(60)64-29-35-22-18-15-19-23-35)41(61-10)27-42(56)54-28-36(50)25-39(54)45(62-11)33(7)46(57)51-38(48(59)63-12)24-34-20-16-14-17-21-34/h14-23,30-33,36-39,41,43-45H,13,24-29H2,1-12H3,(H,51,57)/t32-,33+,36-,37-,38-,39-,41+,43-,44-,45+/m0/s1. The van der Waals surface area contributed by atoms with E-state index in [1.54, 1.807) is 18.9 Å². The number of rotatable bonds is 24. The lowest BCUT2D eigenvalue weighted by Crippen LogP contribution is -2.55. The lowest BCUT2D eigenvalue weighted by atomic mass is 9.83. The predicted molar refractivity (Wildman–Crippen MR) is 241 cm³/mol. The number of carbonyl (C=O) groups excluding carboxylic acids is 6. The van der Waals surface area contributed by atoms with Gasteiger partial charge in [0.25, 0.3) is 0 Å². The van der Waals surface area contributed by atoms with Crippen LogP contribution < -0.4 is 5.32 Å². The topological polar surface area (TPSA) is 161 Å². The molecule has 356 valence electrons. The number of ether oxygens (including phenoxy) is 4. The Morgan fingerprint density at radius 3 is 1.92 bits per heavy atom. The van der Waals surface area contributed by atoms with Crippen LogP contribution in [0.2, 0.25) is 0 Å². The first-order chi connectivity index (χ1) is 30.3. The number of ketones is 1. The number of carbonyl (C=O) groups is 6. The zero-order valence-corrected chi connectivity index (χ0v) is 40.0. The molecule has 0 aromatic heterocycles. The molecule has 15 heteroatoms. The fourth-order valence-corrected chi connectivity index (χ4v) is 8.94. The van der Waals surface area contributed by atoms with E-state index in [4.69, 9.17) is 18.9 Å². The average Bonchev–Trinajstić information content (AvgIpc) is 3.67. The molecule has 64 heavy (non-hydrogen) atoms. The first-order valence-electron chi connectivity index (χ1n) is 22.5. The second kappa shape index (κ2) is 25.6. The van der Waals surface area contributed by atoms with E-state index in [1.165, 1.54) is 38.2 Å². The maximum absolute atomic E-state index is 15.4. The maximum Gasteiger partial charge on any atom is 0.410 e. The number of esters is 1. The van der Waals surface area contributed by atoms with Crippen LogP contribution in [-0.4, -0.2) is 135 Å². The fourth-order valence-electron chi connectivity index (χ4n) is 8.94. The van der Waals surface area contributed by atoms with Gasteiger partial charge in [-0.25, -0.2) is 14.0 Å². The number of likely N-dealkylation sites (tertiary alicyclic amines) is 1. The molecular formula is C49H73FN4O10. The third kappa shape index (κ3) is 14.3. The molecule has 0 radical (unpaired) electrons. The predicted octanol–water partition coefficient (Wildman–Crippen LogP) is 6.28. The van der Waals surface area contributed by atoms with Gasteiger partial charge in [-0.15, -0.1) is 0 Å². The van der Waals surface area contributed by atoms with Gasteiger partial charge in [0, 0.05) is 53.5 Å². The molecule has 0 spiro atoms. The van der Waals surface area contributed by atoms with Gasteiger partial charge in [0.15, 0.2) is 5.78 Å². The van der Waals surface area contributed by atoms with Crippen LogP contribution >= 0.6 is 0 Å². The van der Waals surface area contributed by atoms with E-state index >= 15 is 4.39 Å². The number of benzene rings is 2. The molecule has 3 rings (SSSR count). The first kappa shape index (κ1) is 53.4. The highest BCUT2D eigenvalue weighted by Gasteiger charge is 2.46. The van der Waals surface area contributed by atoms with Crippen molar-refractivity contribution in [1.29, 1.82) is 0 Å². The molecule has 4 amide bonds. The summed E-state index contributed by atoms with van der Waals surface area (Å²) < 4.78 is 37.7. The van der Waals surface area contributed by atoms with E-state index < -0.39 is 78.3 Å². The van der Waals surface area contributed by atoms with Crippen LogP contribution in [0.15, 0.2) is 60.7 Å². The van der Waals surface area contributed by atoms with Crippen LogP contribution in [0.25, 0.3) is 0 Å². The van der Waals surface area contributed by atoms with Crippen molar-refractivity contribution in [2.24, 2.45) is 29.6 Å². The van der Waals surface area contributed by atoms with Crippen molar-refractivity contribution in [2.45, 2.75) is 130 Å². The summed E-state index contributed by atoms with van der Waals surface area (Å²) in [4.78, 5) is 86.9. The van der Waals surface area contributed by atoms with E-state index in [1.807, 2.05) is 102 Å². The second-order valence-corrected chi connectivity index (χ2v) is 17.9. The molecule has 2 aromatic carbocycles. The van der Waals surface area contributed by atoms with Gasteiger partial charge in [-0.2, -0.15) is 0 Å². The number of nitrogens with zero attached hydrogens (tertiary/aromatic N) is 3. The van der Waals surface area contributed by atoms with Crippen molar-refractivity contribution < 1.29 is 52.1 Å². The van der Waals surface area contributed by atoms with Gasteiger partial charge in [0.05, 0.1) is 56.3 Å². The molecule has 1 saturated heterocycles. The van der Waals surface area contributed by atoms with Crippen molar-refractivity contribution in [3.63, 3.8) is 0 Å². The molecule has 1 N–H and O–H groups in total. The Balaban J connectivity index is 1.80. The third-order valence-corrected chi connectivity index (χ3v) is 12.8. The summed E-state index contributed by atoms with van der Waals surface area (Å²) in [7, 11) is 7.29. The second-order valence-electron chi connectivity index (χ2n) is 17.9. The van der Waals surface area contributed by atoms with Gasteiger partial charge < -0.3 is 39.0 Å². The number of alkyl halides is 1. The minimum absolute atomic E-state index is 0.0472. The molecule has 1 aliphatic rings. The number of methoxy groups -OCH3 is 3. The van der Waals surface area contributed by atoms with Gasteiger partial charge in [-0.05, 0) is 28.9 Å². The number of Topliss-reactive ketones (excluding diaryl/α,β-unsaturated/α-hetero) is 1. The Hall–Kier alpha value is -4.89. The lowest BCUT2D eigenvalue weighted by Gasteiger charge is -2.41. The summed E-state index contributed by atoms with van der Waals surface area (Å²) >= 11 is 0. The monoisotopic (exact) mass is 897 g/mol. The third-order valence-electron chi connectivity index (χ3n) is 12.8. The number of nitrogens with one attached hydrogen (secondary N) is 1. The van der Waals surface area contributed by atoms with Gasteiger partial charge in [-0.3, -0.25) is 19.2 Å². The van der Waals surface area contributed by atoms with Gasteiger partial charge in [-0.1, -0.05) is 116 Å². The minimum atomic E-state index is -1.39. The zero-order valence-electron chi connectivity index (χ0n) is 40.0. The molecule has 1 heterocycles. The molecular weight excluding hydrogens is 824 g/mol. The number of amides is 4. The van der Waals surface area contributed by atoms with Crippen molar-refractivity contribution >= 4 is 35.6 Å². The Labute approximate surface area is 379 Å². The average molecular weight is 897 g/mol. The molecule has 0 unspecified atom stereocenters. The molecule has 14 nitrogen and oxygen atoms in total. The minimum Gasteiger partial charge on any atom is -0.467 e. The summed E-state index contributed by atoms with van der Waals surface area (Å²) in [6.45, 7) is 12.8. The van der Waals surface area contributed by atoms with Gasteiger partial charge in [0.2, 0.25) is 17.7 Å². The van der Waals surface area contributed by atoms with Crippen molar-refractivity contribution in [2.75, 3.05) is 42.0 Å². The smallest absolute Gasteiger partial charge is 0.410 e. The molecule has 1 aliphatic heterocycles. The highest BCUT2D eigenvalue weighted by atomic mass is 19.1. The van der Waals surface area contributed by atoms with Crippen LogP contribution in [0.4, 0.5) is 9.18 Å². The Kier molecular flexibility index (Phi) is 21.3. The summed E-state index contributed by atoms with van der Waals surface area (Å²) in [6, 6.07) is 15.1. The van der Waals surface area contributed by atoms with E-state index in [0.29, 0.717) is 6.42 Å². The largest absolute Gasteiger partial charge is 0.467 e. The van der Waals surface area contributed by atoms with Crippen LogP contribution in [0, 0.1) is 29.6 Å². The summed E-state index contributed by atoms with van der Waals surface area (Å²) in [5.74, 6) is -4.53. The Morgan fingerprint density at radius 2 is 1.41 bits per heavy atom. The fraction of sp³-hybridized carbons (Fsp3) is 0.633. The zero-order chi connectivity index (χ0) is 47.8. The molecule has 10 atom stereocenters. The molecule has 1 fully saturated rings. The van der Waals surface area contributed by atoms with E-state index in [-0.39, 0.29) is 68.3 Å². The molecule has 0 saturated carbocycles. The first-order valence-corrected chi connectivity index (χ1v) is 22.5. The number of halogens is 1.